The zero-order chi connectivity index (χ0) is 22.6. The molecule has 0 aliphatic rings. The monoisotopic (exact) mass is 430 g/mol. The van der Waals surface area contributed by atoms with Crippen molar-refractivity contribution in [2.24, 2.45) is 5.92 Å². The van der Waals surface area contributed by atoms with Crippen LogP contribution >= 0.6 is 0 Å². The van der Waals surface area contributed by atoms with Gasteiger partial charge in [-0.1, -0.05) is 105 Å². The fourth-order valence-electron chi connectivity index (χ4n) is 4.03. The molecule has 3 aromatic carbocycles. The van der Waals surface area contributed by atoms with E-state index in [2.05, 4.69) is 109 Å². The molecule has 0 radical (unpaired) electrons. The van der Waals surface area contributed by atoms with Crippen LogP contribution in [0.1, 0.15) is 37.0 Å². The lowest BCUT2D eigenvalue weighted by Gasteiger charge is -2.31. The number of hydrogen-bond donors (Lipinski definition) is 2. The molecular formula is C29H38N2O. The maximum atomic E-state index is 11.4. The Morgan fingerprint density at radius 3 is 1.66 bits per heavy atom. The Balaban J connectivity index is 1.71. The van der Waals surface area contributed by atoms with Crippen LogP contribution in [0.5, 0.6) is 0 Å². The normalized spacial score (nSPS) is 13.4. The van der Waals surface area contributed by atoms with Crippen molar-refractivity contribution in [1.82, 2.24) is 10.2 Å². The predicted molar refractivity (Wildman–Crippen MR) is 134 cm³/mol. The summed E-state index contributed by atoms with van der Waals surface area (Å²) in [5.74, 6) is 0.643. The van der Waals surface area contributed by atoms with Crippen molar-refractivity contribution in [2.75, 3.05) is 13.1 Å². The van der Waals surface area contributed by atoms with E-state index >= 15 is 0 Å². The van der Waals surface area contributed by atoms with Gasteiger partial charge in [0.25, 0.3) is 0 Å². The third-order valence-corrected chi connectivity index (χ3v) is 5.83. The van der Waals surface area contributed by atoms with Gasteiger partial charge in [-0.3, -0.25) is 4.90 Å². The van der Waals surface area contributed by atoms with E-state index in [-0.39, 0.29) is 6.04 Å². The average molecular weight is 431 g/mol. The molecule has 3 aromatic rings. The lowest BCUT2D eigenvalue weighted by atomic mass is 9.99. The molecule has 3 heteroatoms. The number of rotatable bonds is 13. The lowest BCUT2D eigenvalue weighted by Crippen LogP contribution is -2.47. The van der Waals surface area contributed by atoms with Gasteiger partial charge < -0.3 is 10.4 Å². The largest absolute Gasteiger partial charge is 0.390 e. The molecule has 0 bridgehead atoms. The van der Waals surface area contributed by atoms with E-state index in [0.717, 1.165) is 32.5 Å². The molecule has 170 valence electrons. The second-order valence-corrected chi connectivity index (χ2v) is 9.14. The molecule has 3 rings (SSSR count). The van der Waals surface area contributed by atoms with Gasteiger partial charge in [0, 0.05) is 25.7 Å². The summed E-state index contributed by atoms with van der Waals surface area (Å²) in [7, 11) is 0. The van der Waals surface area contributed by atoms with E-state index in [1.165, 1.54) is 16.7 Å². The Bertz CT molecular complexity index is 826. The third kappa shape index (κ3) is 8.58. The van der Waals surface area contributed by atoms with E-state index in [1.807, 2.05) is 6.07 Å². The summed E-state index contributed by atoms with van der Waals surface area (Å²) in [6, 6.07) is 31.6. The van der Waals surface area contributed by atoms with Crippen molar-refractivity contribution in [3.63, 3.8) is 0 Å². The first-order chi connectivity index (χ1) is 15.6. The van der Waals surface area contributed by atoms with Crippen LogP contribution in [0.25, 0.3) is 0 Å². The van der Waals surface area contributed by atoms with Crippen LogP contribution in [0.4, 0.5) is 0 Å². The summed E-state index contributed by atoms with van der Waals surface area (Å²) in [6.45, 7) is 7.66. The van der Waals surface area contributed by atoms with Crippen molar-refractivity contribution < 1.29 is 5.11 Å². The fraction of sp³-hybridized carbons (Fsp3) is 0.379. The molecule has 0 fully saturated rings. The quantitative estimate of drug-likeness (QED) is 0.386. The van der Waals surface area contributed by atoms with Crippen molar-refractivity contribution in [2.45, 2.75) is 51.9 Å². The van der Waals surface area contributed by atoms with Gasteiger partial charge in [-0.05, 0) is 42.0 Å². The summed E-state index contributed by atoms with van der Waals surface area (Å²) in [5, 5.41) is 15.0. The van der Waals surface area contributed by atoms with E-state index < -0.39 is 6.10 Å². The van der Waals surface area contributed by atoms with Gasteiger partial charge in [0.2, 0.25) is 0 Å². The Morgan fingerprint density at radius 1 is 0.719 bits per heavy atom. The summed E-state index contributed by atoms with van der Waals surface area (Å²) in [6.07, 6.45) is 1.47. The standard InChI is InChI=1S/C29H38N2O/c1-24(2)18-19-30-28(20-25-12-6-3-7-13-25)29(32)23-31(21-26-14-8-4-9-15-26)22-27-16-10-5-11-17-27/h3-17,24,28-30,32H,18-23H2,1-2H3/t28-,29+/m0/s1. The van der Waals surface area contributed by atoms with Gasteiger partial charge in [0.15, 0.2) is 0 Å². The first-order valence-corrected chi connectivity index (χ1v) is 11.9. The predicted octanol–water partition coefficient (Wildman–Crippen LogP) is 5.30. The zero-order valence-electron chi connectivity index (χ0n) is 19.5. The van der Waals surface area contributed by atoms with Gasteiger partial charge in [0.05, 0.1) is 6.10 Å². The van der Waals surface area contributed by atoms with Crippen LogP contribution in [-0.2, 0) is 19.5 Å². The molecule has 0 saturated heterocycles. The Morgan fingerprint density at radius 2 is 1.19 bits per heavy atom. The summed E-state index contributed by atoms with van der Waals surface area (Å²) in [4.78, 5) is 2.36. The highest BCUT2D eigenvalue weighted by Crippen LogP contribution is 2.14. The molecule has 0 aliphatic heterocycles. The highest BCUT2D eigenvalue weighted by atomic mass is 16.3. The summed E-state index contributed by atoms with van der Waals surface area (Å²) >= 11 is 0. The molecule has 0 saturated carbocycles. The van der Waals surface area contributed by atoms with Gasteiger partial charge in [0.1, 0.15) is 0 Å². The molecule has 2 N–H and O–H groups in total. The van der Waals surface area contributed by atoms with Crippen LogP contribution in [0.3, 0.4) is 0 Å². The zero-order valence-corrected chi connectivity index (χ0v) is 19.5. The van der Waals surface area contributed by atoms with Gasteiger partial charge in [-0.2, -0.15) is 0 Å². The van der Waals surface area contributed by atoms with Gasteiger partial charge in [-0.15, -0.1) is 0 Å². The Kier molecular flexibility index (Phi) is 9.96. The van der Waals surface area contributed by atoms with E-state index in [4.69, 9.17) is 0 Å². The first kappa shape index (κ1) is 24.2. The fourth-order valence-corrected chi connectivity index (χ4v) is 4.03. The minimum atomic E-state index is -0.463. The van der Waals surface area contributed by atoms with Crippen LogP contribution in [0, 0.1) is 5.92 Å². The Hall–Kier alpha value is -2.46. The van der Waals surface area contributed by atoms with Crippen LogP contribution in [-0.4, -0.2) is 35.2 Å². The van der Waals surface area contributed by atoms with Crippen LogP contribution in [0.15, 0.2) is 91.0 Å². The van der Waals surface area contributed by atoms with E-state index in [1.54, 1.807) is 0 Å². The maximum absolute atomic E-state index is 11.4. The van der Waals surface area contributed by atoms with Gasteiger partial charge >= 0.3 is 0 Å². The van der Waals surface area contributed by atoms with Crippen molar-refractivity contribution in [3.05, 3.63) is 108 Å². The van der Waals surface area contributed by atoms with E-state index in [0.29, 0.717) is 12.5 Å². The van der Waals surface area contributed by atoms with Crippen LogP contribution in [0.2, 0.25) is 0 Å². The molecule has 0 unspecified atom stereocenters. The molecule has 0 spiro atoms. The smallest absolute Gasteiger partial charge is 0.0823 e. The van der Waals surface area contributed by atoms with Crippen molar-refractivity contribution >= 4 is 0 Å². The molecule has 32 heavy (non-hydrogen) atoms. The molecule has 0 aromatic heterocycles. The molecular weight excluding hydrogens is 392 g/mol. The van der Waals surface area contributed by atoms with Crippen molar-refractivity contribution in [1.29, 1.82) is 0 Å². The molecule has 2 atom stereocenters. The Labute approximate surface area is 194 Å². The number of aliphatic hydroxyl groups excluding tert-OH is 1. The highest BCUT2D eigenvalue weighted by Gasteiger charge is 2.22. The number of hydrogen-bond acceptors (Lipinski definition) is 3. The average Bonchev–Trinajstić information content (AvgIpc) is 2.80. The minimum Gasteiger partial charge on any atom is -0.390 e. The summed E-state index contributed by atoms with van der Waals surface area (Å²) in [5.41, 5.74) is 3.79. The number of aliphatic hydroxyl groups is 1. The molecule has 3 nitrogen and oxygen atoms in total. The third-order valence-electron chi connectivity index (χ3n) is 5.83. The second-order valence-electron chi connectivity index (χ2n) is 9.14. The molecule has 0 heterocycles. The number of nitrogens with one attached hydrogen (secondary N) is 1. The number of benzene rings is 3. The number of nitrogens with zero attached hydrogens (tertiary/aromatic N) is 1. The molecule has 0 aliphatic carbocycles. The lowest BCUT2D eigenvalue weighted by molar-refractivity contribution is 0.0722. The van der Waals surface area contributed by atoms with E-state index in [9.17, 15) is 5.11 Å². The first-order valence-electron chi connectivity index (χ1n) is 11.9. The minimum absolute atomic E-state index is 0.0187. The van der Waals surface area contributed by atoms with Gasteiger partial charge in [-0.25, -0.2) is 0 Å². The topological polar surface area (TPSA) is 35.5 Å². The van der Waals surface area contributed by atoms with Crippen LogP contribution < -0.4 is 5.32 Å². The maximum Gasteiger partial charge on any atom is 0.0823 e. The highest BCUT2D eigenvalue weighted by molar-refractivity contribution is 5.18. The second kappa shape index (κ2) is 13.2. The molecule has 0 amide bonds. The van der Waals surface area contributed by atoms with Crippen molar-refractivity contribution in [3.8, 4) is 0 Å². The SMILES string of the molecule is CC(C)CCN[C@@H](Cc1ccccc1)[C@H](O)CN(Cc1ccccc1)Cc1ccccc1. The summed E-state index contributed by atoms with van der Waals surface area (Å²) < 4.78 is 0.